The lowest BCUT2D eigenvalue weighted by molar-refractivity contribution is 0.0997. The molecule has 1 fully saturated rings. The van der Waals surface area contributed by atoms with Gasteiger partial charge in [0.25, 0.3) is 0 Å². The molecule has 0 aliphatic heterocycles. The number of aliphatic imine (C=N–C) groups is 1. The third-order valence-corrected chi connectivity index (χ3v) is 6.06. The summed E-state index contributed by atoms with van der Waals surface area (Å²) in [4.78, 5) is 4.95. The summed E-state index contributed by atoms with van der Waals surface area (Å²) < 4.78 is 0. The van der Waals surface area contributed by atoms with Crippen LogP contribution in [0, 0.1) is 22.7 Å². The van der Waals surface area contributed by atoms with E-state index in [-0.39, 0.29) is 17.4 Å². The summed E-state index contributed by atoms with van der Waals surface area (Å²) in [7, 11) is 0. The second-order valence-corrected chi connectivity index (χ2v) is 7.54. The molecule has 2 nitrogen and oxygen atoms in total. The molecule has 0 saturated heterocycles. The second kappa shape index (κ2) is 6.84. The molecule has 0 amide bonds. The molecule has 0 radical (unpaired) electrons. The van der Waals surface area contributed by atoms with Gasteiger partial charge < -0.3 is 0 Å². The molecular formula is C23H24N2. The van der Waals surface area contributed by atoms with E-state index >= 15 is 0 Å². The van der Waals surface area contributed by atoms with E-state index in [9.17, 15) is 5.26 Å². The van der Waals surface area contributed by atoms with E-state index < -0.39 is 0 Å². The number of hydrogen-bond donors (Lipinski definition) is 0. The first-order valence-corrected chi connectivity index (χ1v) is 9.38. The van der Waals surface area contributed by atoms with Crippen LogP contribution in [0.2, 0.25) is 0 Å². The maximum Gasteiger partial charge on any atom is 0.0915 e. The van der Waals surface area contributed by atoms with Crippen molar-refractivity contribution in [3.05, 3.63) is 71.3 Å². The van der Waals surface area contributed by atoms with Gasteiger partial charge in [0.1, 0.15) is 0 Å². The zero-order valence-electron chi connectivity index (χ0n) is 14.6. The molecule has 2 aliphatic carbocycles. The zero-order chi connectivity index (χ0) is 17.1. The molecule has 1 saturated carbocycles. The summed E-state index contributed by atoms with van der Waals surface area (Å²) >= 11 is 0. The fourth-order valence-electron chi connectivity index (χ4n) is 4.81. The highest BCUT2D eigenvalue weighted by molar-refractivity contribution is 5.79. The average Bonchev–Trinajstić information content (AvgIpc) is 2.67. The van der Waals surface area contributed by atoms with Gasteiger partial charge in [-0.15, -0.1) is 0 Å². The number of nitrogens with zero attached hydrogens (tertiary/aromatic N) is 2. The van der Waals surface area contributed by atoms with Crippen molar-refractivity contribution < 1.29 is 0 Å². The lowest BCUT2D eigenvalue weighted by atomic mass is 9.57. The van der Waals surface area contributed by atoms with Gasteiger partial charge in [0.05, 0.1) is 18.0 Å². The number of fused-ring (bicyclic) bond motifs is 1. The van der Waals surface area contributed by atoms with Crippen LogP contribution in [0.4, 0.5) is 0 Å². The quantitative estimate of drug-likeness (QED) is 0.671. The van der Waals surface area contributed by atoms with E-state index in [0.717, 1.165) is 24.8 Å². The predicted octanol–water partition coefficient (Wildman–Crippen LogP) is 5.49. The molecule has 0 N–H and O–H groups in total. The van der Waals surface area contributed by atoms with Crippen molar-refractivity contribution in [1.29, 1.82) is 5.26 Å². The SMILES string of the molecule is N#C[C@H]1[C@H](N=Cc2ccccc2)c2ccccc2CC12CCCCC2. The fourth-order valence-corrected chi connectivity index (χ4v) is 4.81. The minimum Gasteiger partial charge on any atom is -0.283 e. The van der Waals surface area contributed by atoms with Gasteiger partial charge in [-0.25, -0.2) is 0 Å². The van der Waals surface area contributed by atoms with Gasteiger partial charge >= 0.3 is 0 Å². The predicted molar refractivity (Wildman–Crippen MR) is 102 cm³/mol. The Kier molecular flexibility index (Phi) is 4.40. The Labute approximate surface area is 150 Å². The van der Waals surface area contributed by atoms with Gasteiger partial charge in [0, 0.05) is 6.21 Å². The summed E-state index contributed by atoms with van der Waals surface area (Å²) in [5.74, 6) is -0.0253. The monoisotopic (exact) mass is 328 g/mol. The van der Waals surface area contributed by atoms with Crippen molar-refractivity contribution in [2.75, 3.05) is 0 Å². The highest BCUT2D eigenvalue weighted by Crippen LogP contribution is 2.54. The number of hydrogen-bond acceptors (Lipinski definition) is 2. The molecule has 1 spiro atoms. The molecule has 2 heteroatoms. The normalized spacial score (nSPS) is 24.8. The Morgan fingerprint density at radius 2 is 1.68 bits per heavy atom. The van der Waals surface area contributed by atoms with Crippen LogP contribution in [0.3, 0.4) is 0 Å². The van der Waals surface area contributed by atoms with Crippen molar-refractivity contribution in [3.8, 4) is 6.07 Å². The smallest absolute Gasteiger partial charge is 0.0915 e. The van der Waals surface area contributed by atoms with Crippen LogP contribution >= 0.6 is 0 Å². The van der Waals surface area contributed by atoms with Crippen LogP contribution in [0.25, 0.3) is 0 Å². The van der Waals surface area contributed by atoms with Crippen molar-refractivity contribution in [1.82, 2.24) is 0 Å². The van der Waals surface area contributed by atoms with Gasteiger partial charge in [-0.1, -0.05) is 73.9 Å². The lowest BCUT2D eigenvalue weighted by Gasteiger charge is -2.47. The number of nitriles is 1. The summed E-state index contributed by atoms with van der Waals surface area (Å²) in [6.07, 6.45) is 9.12. The second-order valence-electron chi connectivity index (χ2n) is 7.54. The van der Waals surface area contributed by atoms with Gasteiger partial charge in [0.2, 0.25) is 0 Å². The van der Waals surface area contributed by atoms with Crippen LogP contribution in [-0.4, -0.2) is 6.21 Å². The molecule has 2 atom stereocenters. The van der Waals surface area contributed by atoms with Crippen LogP contribution in [0.15, 0.2) is 59.6 Å². The van der Waals surface area contributed by atoms with Crippen LogP contribution in [0.5, 0.6) is 0 Å². The molecule has 0 unspecified atom stereocenters. The molecule has 4 rings (SSSR count). The third kappa shape index (κ3) is 3.00. The molecule has 2 aromatic rings. The standard InChI is InChI=1S/C23H24N2/c24-16-21-22(25-17-18-9-3-1-4-10-18)20-12-6-5-11-19(20)15-23(21)13-7-2-8-14-23/h1,3-6,9-12,17,21-22H,2,7-8,13-15H2/t21-,22+/m0/s1. The third-order valence-electron chi connectivity index (χ3n) is 6.06. The maximum absolute atomic E-state index is 10.1. The number of rotatable bonds is 2. The Morgan fingerprint density at radius 1 is 0.960 bits per heavy atom. The van der Waals surface area contributed by atoms with E-state index in [1.165, 1.54) is 30.4 Å². The first-order valence-electron chi connectivity index (χ1n) is 9.38. The molecule has 2 aliphatic rings. The molecule has 0 heterocycles. The molecule has 2 aromatic carbocycles. The minimum atomic E-state index is -0.0479. The largest absolute Gasteiger partial charge is 0.283 e. The van der Waals surface area contributed by atoms with Crippen LogP contribution < -0.4 is 0 Å². The molecule has 126 valence electrons. The highest BCUT2D eigenvalue weighted by atomic mass is 14.8. The molecule has 0 bridgehead atoms. The van der Waals surface area contributed by atoms with E-state index in [1.54, 1.807) is 0 Å². The lowest BCUT2D eigenvalue weighted by Crippen LogP contribution is -2.41. The highest BCUT2D eigenvalue weighted by Gasteiger charge is 2.48. The summed E-state index contributed by atoms with van der Waals surface area (Å²) in [5.41, 5.74) is 3.85. The zero-order valence-corrected chi connectivity index (χ0v) is 14.6. The van der Waals surface area contributed by atoms with Crippen molar-refractivity contribution in [2.24, 2.45) is 16.3 Å². The van der Waals surface area contributed by atoms with Gasteiger partial charge in [-0.3, -0.25) is 4.99 Å². The van der Waals surface area contributed by atoms with E-state index in [2.05, 4.69) is 42.5 Å². The van der Waals surface area contributed by atoms with Gasteiger partial charge in [-0.2, -0.15) is 5.26 Å². The van der Waals surface area contributed by atoms with Crippen molar-refractivity contribution in [2.45, 2.75) is 44.6 Å². The van der Waals surface area contributed by atoms with E-state index in [1.807, 2.05) is 24.4 Å². The summed E-state index contributed by atoms with van der Waals surface area (Å²) in [6.45, 7) is 0. The van der Waals surface area contributed by atoms with E-state index in [0.29, 0.717) is 0 Å². The van der Waals surface area contributed by atoms with Crippen LogP contribution in [0.1, 0.15) is 54.8 Å². The van der Waals surface area contributed by atoms with E-state index in [4.69, 9.17) is 4.99 Å². The average molecular weight is 328 g/mol. The summed E-state index contributed by atoms with van der Waals surface area (Å²) in [5, 5.41) is 10.1. The first-order chi connectivity index (χ1) is 12.3. The Morgan fingerprint density at radius 3 is 2.44 bits per heavy atom. The Balaban J connectivity index is 1.76. The topological polar surface area (TPSA) is 36.1 Å². The maximum atomic E-state index is 10.1. The van der Waals surface area contributed by atoms with Crippen molar-refractivity contribution in [3.63, 3.8) is 0 Å². The van der Waals surface area contributed by atoms with Gasteiger partial charge in [0.15, 0.2) is 0 Å². The molecule has 25 heavy (non-hydrogen) atoms. The minimum absolute atomic E-state index is 0.0253. The van der Waals surface area contributed by atoms with Crippen LogP contribution in [-0.2, 0) is 6.42 Å². The Bertz CT molecular complexity index is 794. The van der Waals surface area contributed by atoms with Gasteiger partial charge in [-0.05, 0) is 41.4 Å². The fraction of sp³-hybridized carbons (Fsp3) is 0.391. The van der Waals surface area contributed by atoms with Crippen molar-refractivity contribution >= 4 is 6.21 Å². The molecule has 0 aromatic heterocycles. The first kappa shape index (κ1) is 16.1. The molecular weight excluding hydrogens is 304 g/mol. The summed E-state index contributed by atoms with van der Waals surface area (Å²) in [6, 6.07) is 21.4. The Hall–Kier alpha value is -2.40. The number of benzene rings is 2.